The van der Waals surface area contributed by atoms with E-state index in [1.807, 2.05) is 6.92 Å². The second-order valence-electron chi connectivity index (χ2n) is 3.88. The van der Waals surface area contributed by atoms with Gasteiger partial charge < -0.3 is 24.1 Å². The van der Waals surface area contributed by atoms with Crippen molar-refractivity contribution in [3.63, 3.8) is 0 Å². The Bertz CT molecular complexity index is 198. The lowest BCUT2D eigenvalue weighted by atomic mass is 10.4. The smallest absolute Gasteiger partial charge is 0.308 e. The first-order chi connectivity index (χ1) is 9.31. The third-order valence-electron chi connectivity index (χ3n) is 2.19. The maximum absolute atomic E-state index is 11.2. The summed E-state index contributed by atoms with van der Waals surface area (Å²) in [5, 5.41) is 8.46. The molecule has 0 amide bonds. The van der Waals surface area contributed by atoms with Gasteiger partial charge in [-0.25, -0.2) is 0 Å². The van der Waals surface area contributed by atoms with Crippen LogP contribution in [0.2, 0.25) is 0 Å². The van der Waals surface area contributed by atoms with E-state index in [1.165, 1.54) is 0 Å². The first-order valence-corrected chi connectivity index (χ1v) is 6.81. The number of unbranched alkanes of at least 4 members (excludes halogenated alkanes) is 1. The van der Waals surface area contributed by atoms with Crippen molar-refractivity contribution in [2.24, 2.45) is 0 Å². The van der Waals surface area contributed by atoms with Crippen molar-refractivity contribution in [1.82, 2.24) is 0 Å². The number of aliphatic hydroxyl groups is 1. The summed E-state index contributed by atoms with van der Waals surface area (Å²) in [7, 11) is 0. The summed E-state index contributed by atoms with van der Waals surface area (Å²) < 4.78 is 20.4. The van der Waals surface area contributed by atoms with Crippen LogP contribution in [0, 0.1) is 0 Å². The highest BCUT2D eigenvalue weighted by Crippen LogP contribution is 1.92. The topological polar surface area (TPSA) is 74.2 Å². The van der Waals surface area contributed by atoms with Gasteiger partial charge in [-0.3, -0.25) is 4.79 Å². The van der Waals surface area contributed by atoms with E-state index in [9.17, 15) is 4.79 Å². The average molecular weight is 278 g/mol. The minimum atomic E-state index is -0.216. The molecule has 1 N–H and O–H groups in total. The molecule has 0 heterocycles. The molecule has 0 aromatic carbocycles. The predicted molar refractivity (Wildman–Crippen MR) is 70.0 cm³/mol. The third-order valence-corrected chi connectivity index (χ3v) is 2.19. The van der Waals surface area contributed by atoms with E-state index < -0.39 is 0 Å². The summed E-state index contributed by atoms with van der Waals surface area (Å²) in [5.41, 5.74) is 0. The Morgan fingerprint density at radius 2 is 1.47 bits per heavy atom. The zero-order valence-electron chi connectivity index (χ0n) is 11.8. The van der Waals surface area contributed by atoms with Crippen LogP contribution in [0.15, 0.2) is 0 Å². The van der Waals surface area contributed by atoms with E-state index in [2.05, 4.69) is 0 Å². The van der Waals surface area contributed by atoms with E-state index in [0.717, 1.165) is 12.8 Å². The normalized spacial score (nSPS) is 10.6. The summed E-state index contributed by atoms with van der Waals surface area (Å²) in [6.07, 6.45) is 2.20. The van der Waals surface area contributed by atoms with Gasteiger partial charge in [0.25, 0.3) is 0 Å². The first-order valence-electron chi connectivity index (χ1n) is 6.81. The summed E-state index contributed by atoms with van der Waals surface area (Å²) in [6, 6.07) is 0. The monoisotopic (exact) mass is 278 g/mol. The summed E-state index contributed by atoms with van der Waals surface area (Å²) >= 11 is 0. The van der Waals surface area contributed by atoms with Crippen LogP contribution in [-0.4, -0.2) is 63.9 Å². The molecule has 0 saturated carbocycles. The van der Waals surface area contributed by atoms with Gasteiger partial charge in [-0.1, -0.05) is 13.3 Å². The van der Waals surface area contributed by atoms with Crippen molar-refractivity contribution in [3.05, 3.63) is 0 Å². The fourth-order valence-electron chi connectivity index (χ4n) is 1.16. The molecule has 0 rings (SSSR count). The van der Waals surface area contributed by atoms with Crippen LogP contribution < -0.4 is 0 Å². The lowest BCUT2D eigenvalue weighted by molar-refractivity contribution is -0.145. The largest absolute Gasteiger partial charge is 0.466 e. The van der Waals surface area contributed by atoms with Gasteiger partial charge in [0, 0.05) is 0 Å². The van der Waals surface area contributed by atoms with Crippen molar-refractivity contribution in [2.75, 3.05) is 52.9 Å². The minimum absolute atomic E-state index is 0.0253. The molecule has 0 aliphatic rings. The van der Waals surface area contributed by atoms with Crippen LogP contribution in [0.1, 0.15) is 26.2 Å². The molecule has 0 spiro atoms. The Kier molecular flexibility index (Phi) is 14.8. The SMILES string of the molecule is CCCCOC(=O)CCOCCOCCOCCO. The van der Waals surface area contributed by atoms with Crippen molar-refractivity contribution in [2.45, 2.75) is 26.2 Å². The van der Waals surface area contributed by atoms with Crippen LogP contribution in [0.3, 0.4) is 0 Å². The predicted octanol–water partition coefficient (Wildman–Crippen LogP) is 0.762. The molecule has 0 aliphatic carbocycles. The average Bonchev–Trinajstić information content (AvgIpc) is 2.41. The van der Waals surface area contributed by atoms with Crippen LogP contribution in [-0.2, 0) is 23.7 Å². The summed E-state index contributed by atoms with van der Waals surface area (Å²) in [5.74, 6) is -0.216. The Morgan fingerprint density at radius 1 is 0.895 bits per heavy atom. The van der Waals surface area contributed by atoms with Crippen molar-refractivity contribution in [3.8, 4) is 0 Å². The molecule has 114 valence electrons. The molecule has 0 fully saturated rings. The van der Waals surface area contributed by atoms with Gasteiger partial charge in [-0.15, -0.1) is 0 Å². The molecule has 0 radical (unpaired) electrons. The van der Waals surface area contributed by atoms with Gasteiger partial charge in [0.1, 0.15) is 0 Å². The zero-order chi connectivity index (χ0) is 14.2. The molecule has 0 aliphatic heterocycles. The molecule has 0 saturated heterocycles. The van der Waals surface area contributed by atoms with Crippen LogP contribution >= 0.6 is 0 Å². The molecular weight excluding hydrogens is 252 g/mol. The van der Waals surface area contributed by atoms with E-state index in [1.54, 1.807) is 0 Å². The van der Waals surface area contributed by atoms with Crippen LogP contribution in [0.5, 0.6) is 0 Å². The van der Waals surface area contributed by atoms with E-state index in [4.69, 9.17) is 24.1 Å². The third kappa shape index (κ3) is 15.3. The zero-order valence-corrected chi connectivity index (χ0v) is 11.8. The second kappa shape index (κ2) is 15.4. The molecule has 0 bridgehead atoms. The van der Waals surface area contributed by atoms with Gasteiger partial charge in [0.2, 0.25) is 0 Å². The van der Waals surface area contributed by atoms with Crippen molar-refractivity contribution < 1.29 is 28.8 Å². The van der Waals surface area contributed by atoms with Crippen molar-refractivity contribution >= 4 is 5.97 Å². The number of hydrogen-bond donors (Lipinski definition) is 1. The molecule has 0 aromatic heterocycles. The first kappa shape index (κ1) is 18.3. The highest BCUT2D eigenvalue weighted by molar-refractivity contribution is 5.69. The van der Waals surface area contributed by atoms with Gasteiger partial charge in [-0.2, -0.15) is 0 Å². The Balaban J connectivity index is 3.07. The van der Waals surface area contributed by atoms with E-state index in [-0.39, 0.29) is 19.0 Å². The fraction of sp³-hybridized carbons (Fsp3) is 0.923. The quantitative estimate of drug-likeness (QED) is 0.373. The minimum Gasteiger partial charge on any atom is -0.466 e. The number of aliphatic hydroxyl groups excluding tert-OH is 1. The number of carbonyl (C=O) groups is 1. The Labute approximate surface area is 115 Å². The highest BCUT2D eigenvalue weighted by Gasteiger charge is 2.01. The fourth-order valence-corrected chi connectivity index (χ4v) is 1.16. The van der Waals surface area contributed by atoms with Crippen LogP contribution in [0.25, 0.3) is 0 Å². The maximum atomic E-state index is 11.2. The standard InChI is InChI=1S/C13H26O6/c1-2-3-6-19-13(15)4-7-16-9-11-18-12-10-17-8-5-14/h14H,2-12H2,1H3. The van der Waals surface area contributed by atoms with Gasteiger partial charge in [0.15, 0.2) is 0 Å². The molecule has 6 heteroatoms. The van der Waals surface area contributed by atoms with Gasteiger partial charge in [-0.05, 0) is 6.42 Å². The summed E-state index contributed by atoms with van der Waals surface area (Å²) in [4.78, 5) is 11.2. The van der Waals surface area contributed by atoms with E-state index in [0.29, 0.717) is 46.2 Å². The van der Waals surface area contributed by atoms with Crippen molar-refractivity contribution in [1.29, 1.82) is 0 Å². The number of ether oxygens (including phenoxy) is 4. The number of esters is 1. The molecule has 0 unspecified atom stereocenters. The molecule has 19 heavy (non-hydrogen) atoms. The number of rotatable bonds is 14. The van der Waals surface area contributed by atoms with Gasteiger partial charge in [0.05, 0.1) is 59.3 Å². The van der Waals surface area contributed by atoms with E-state index >= 15 is 0 Å². The molecule has 6 nitrogen and oxygen atoms in total. The number of carbonyl (C=O) groups excluding carboxylic acids is 1. The molecular formula is C13H26O6. The Hall–Kier alpha value is -0.690. The highest BCUT2D eigenvalue weighted by atomic mass is 16.6. The number of hydrogen-bond acceptors (Lipinski definition) is 6. The van der Waals surface area contributed by atoms with Gasteiger partial charge >= 0.3 is 5.97 Å². The second-order valence-corrected chi connectivity index (χ2v) is 3.88. The lowest BCUT2D eigenvalue weighted by Crippen LogP contribution is -2.13. The molecule has 0 atom stereocenters. The molecule has 0 aromatic rings. The maximum Gasteiger partial charge on any atom is 0.308 e. The summed E-state index contributed by atoms with van der Waals surface area (Å²) in [6.45, 7) is 5.10. The Morgan fingerprint density at radius 3 is 2.05 bits per heavy atom. The van der Waals surface area contributed by atoms with Crippen LogP contribution in [0.4, 0.5) is 0 Å². The lowest BCUT2D eigenvalue weighted by Gasteiger charge is -2.06.